The van der Waals surface area contributed by atoms with Gasteiger partial charge in [-0.2, -0.15) is 0 Å². The van der Waals surface area contributed by atoms with Crippen molar-refractivity contribution in [3.8, 4) is 0 Å². The lowest BCUT2D eigenvalue weighted by atomic mass is 9.86. The van der Waals surface area contributed by atoms with E-state index in [0.29, 0.717) is 18.2 Å². The zero-order valence-corrected chi connectivity index (χ0v) is 12.4. The van der Waals surface area contributed by atoms with Crippen molar-refractivity contribution >= 4 is 5.91 Å². The number of likely N-dealkylation sites (tertiary alicyclic amines) is 1. The molecule has 0 aliphatic carbocycles. The number of amides is 1. The molecule has 0 radical (unpaired) electrons. The number of hydrogen-bond acceptors (Lipinski definition) is 3. The topological polar surface area (TPSA) is 41.6 Å². The molecule has 19 heavy (non-hydrogen) atoms. The van der Waals surface area contributed by atoms with Gasteiger partial charge >= 0.3 is 0 Å². The van der Waals surface area contributed by atoms with E-state index in [1.165, 1.54) is 6.42 Å². The lowest BCUT2D eigenvalue weighted by Crippen LogP contribution is -2.57. The normalized spacial score (nSPS) is 29.5. The van der Waals surface area contributed by atoms with Crippen molar-refractivity contribution in [3.63, 3.8) is 0 Å². The summed E-state index contributed by atoms with van der Waals surface area (Å²) in [6.07, 6.45) is 6.30. The third kappa shape index (κ3) is 3.69. The van der Waals surface area contributed by atoms with Crippen LogP contribution in [-0.2, 0) is 9.53 Å². The maximum absolute atomic E-state index is 12.6. The summed E-state index contributed by atoms with van der Waals surface area (Å²) in [7, 11) is 1.97. The van der Waals surface area contributed by atoms with Gasteiger partial charge < -0.3 is 15.0 Å². The summed E-state index contributed by atoms with van der Waals surface area (Å²) in [5.74, 6) is 0.881. The third-order valence-corrected chi connectivity index (χ3v) is 4.66. The molecule has 2 aliphatic heterocycles. The first-order valence-corrected chi connectivity index (χ1v) is 7.68. The molecule has 1 N–H and O–H groups in total. The monoisotopic (exact) mass is 268 g/mol. The molecule has 4 nitrogen and oxygen atoms in total. The SMILES string of the molecule is CNCC1(C)CCCCN1C(=O)CC1CCOCC1. The highest BCUT2D eigenvalue weighted by Crippen LogP contribution is 2.30. The van der Waals surface area contributed by atoms with E-state index in [0.717, 1.165) is 52.0 Å². The van der Waals surface area contributed by atoms with E-state index >= 15 is 0 Å². The molecule has 1 unspecified atom stereocenters. The Morgan fingerprint density at radius 1 is 1.37 bits per heavy atom. The number of ether oxygens (including phenoxy) is 1. The molecule has 2 rings (SSSR count). The van der Waals surface area contributed by atoms with Crippen LogP contribution >= 0.6 is 0 Å². The lowest BCUT2D eigenvalue weighted by molar-refractivity contribution is -0.140. The maximum atomic E-state index is 12.6. The van der Waals surface area contributed by atoms with E-state index in [-0.39, 0.29) is 5.54 Å². The summed E-state index contributed by atoms with van der Waals surface area (Å²) in [6.45, 7) is 5.70. The van der Waals surface area contributed by atoms with Crippen molar-refractivity contribution in [3.05, 3.63) is 0 Å². The minimum atomic E-state index is 0.00918. The third-order valence-electron chi connectivity index (χ3n) is 4.66. The first kappa shape index (κ1) is 14.8. The second kappa shape index (κ2) is 6.71. The molecule has 0 aromatic carbocycles. The van der Waals surface area contributed by atoms with Gasteiger partial charge in [-0.15, -0.1) is 0 Å². The Morgan fingerprint density at radius 3 is 2.79 bits per heavy atom. The van der Waals surface area contributed by atoms with Crippen LogP contribution in [0.15, 0.2) is 0 Å². The number of nitrogens with one attached hydrogen (secondary N) is 1. The number of carbonyl (C=O) groups is 1. The van der Waals surface area contributed by atoms with Crippen LogP contribution in [-0.4, -0.2) is 49.7 Å². The standard InChI is InChI=1S/C15H28N2O2/c1-15(12-16-2)7-3-4-8-17(15)14(18)11-13-5-9-19-10-6-13/h13,16H,3-12H2,1-2H3. The number of rotatable bonds is 4. The summed E-state index contributed by atoms with van der Waals surface area (Å²) in [5.41, 5.74) is 0.00918. The average molecular weight is 268 g/mol. The fraction of sp³-hybridized carbons (Fsp3) is 0.933. The van der Waals surface area contributed by atoms with Gasteiger partial charge in [0.1, 0.15) is 0 Å². The van der Waals surface area contributed by atoms with Crippen LogP contribution in [0.4, 0.5) is 0 Å². The first-order chi connectivity index (χ1) is 9.15. The van der Waals surface area contributed by atoms with Crippen LogP contribution in [0.1, 0.15) is 45.4 Å². The van der Waals surface area contributed by atoms with E-state index in [9.17, 15) is 4.79 Å². The molecule has 0 saturated carbocycles. The molecule has 2 fully saturated rings. The Morgan fingerprint density at radius 2 is 2.11 bits per heavy atom. The maximum Gasteiger partial charge on any atom is 0.223 e. The summed E-state index contributed by atoms with van der Waals surface area (Å²) < 4.78 is 5.37. The van der Waals surface area contributed by atoms with Gasteiger partial charge in [0.25, 0.3) is 0 Å². The average Bonchev–Trinajstić information content (AvgIpc) is 2.40. The molecule has 1 amide bonds. The van der Waals surface area contributed by atoms with Gasteiger partial charge in [0.05, 0.1) is 5.54 Å². The van der Waals surface area contributed by atoms with E-state index < -0.39 is 0 Å². The zero-order chi connectivity index (χ0) is 13.7. The first-order valence-electron chi connectivity index (χ1n) is 7.68. The summed E-state index contributed by atoms with van der Waals surface area (Å²) in [4.78, 5) is 14.8. The second-order valence-electron chi connectivity index (χ2n) is 6.29. The Kier molecular flexibility index (Phi) is 5.22. The quantitative estimate of drug-likeness (QED) is 0.845. The fourth-order valence-electron chi connectivity index (χ4n) is 3.48. The van der Waals surface area contributed by atoms with E-state index in [1.54, 1.807) is 0 Å². The van der Waals surface area contributed by atoms with E-state index in [1.807, 2.05) is 7.05 Å². The predicted octanol–water partition coefficient (Wildman–Crippen LogP) is 1.79. The Hall–Kier alpha value is -0.610. The van der Waals surface area contributed by atoms with Crippen molar-refractivity contribution in [1.82, 2.24) is 10.2 Å². The van der Waals surface area contributed by atoms with Gasteiger partial charge in [0, 0.05) is 32.7 Å². The fourth-order valence-corrected chi connectivity index (χ4v) is 3.48. The van der Waals surface area contributed by atoms with Gasteiger partial charge in [-0.3, -0.25) is 4.79 Å². The largest absolute Gasteiger partial charge is 0.381 e. The van der Waals surface area contributed by atoms with Crippen molar-refractivity contribution in [1.29, 1.82) is 0 Å². The van der Waals surface area contributed by atoms with Crippen LogP contribution < -0.4 is 5.32 Å². The molecule has 4 heteroatoms. The van der Waals surface area contributed by atoms with E-state index in [4.69, 9.17) is 4.74 Å². The second-order valence-corrected chi connectivity index (χ2v) is 6.29. The van der Waals surface area contributed by atoms with Crippen molar-refractivity contribution in [2.24, 2.45) is 5.92 Å². The molecule has 0 aromatic heterocycles. The summed E-state index contributed by atoms with van der Waals surface area (Å²) >= 11 is 0. The van der Waals surface area contributed by atoms with Crippen molar-refractivity contribution < 1.29 is 9.53 Å². The molecule has 0 spiro atoms. The Labute approximate surface area is 116 Å². The van der Waals surface area contributed by atoms with Crippen LogP contribution in [0, 0.1) is 5.92 Å². The predicted molar refractivity (Wildman–Crippen MR) is 76.1 cm³/mol. The number of nitrogens with zero attached hydrogens (tertiary/aromatic N) is 1. The number of piperidine rings is 1. The lowest BCUT2D eigenvalue weighted by Gasteiger charge is -2.45. The number of likely N-dealkylation sites (N-methyl/N-ethyl adjacent to an activating group) is 1. The highest BCUT2D eigenvalue weighted by molar-refractivity contribution is 5.77. The van der Waals surface area contributed by atoms with Gasteiger partial charge in [0.15, 0.2) is 0 Å². The van der Waals surface area contributed by atoms with E-state index in [2.05, 4.69) is 17.1 Å². The smallest absolute Gasteiger partial charge is 0.223 e. The minimum Gasteiger partial charge on any atom is -0.381 e. The summed E-state index contributed by atoms with van der Waals surface area (Å²) in [6, 6.07) is 0. The van der Waals surface area contributed by atoms with Gasteiger partial charge in [0.2, 0.25) is 5.91 Å². The Balaban J connectivity index is 1.94. The Bertz CT molecular complexity index is 299. The molecular weight excluding hydrogens is 240 g/mol. The van der Waals surface area contributed by atoms with Gasteiger partial charge in [-0.25, -0.2) is 0 Å². The summed E-state index contributed by atoms with van der Waals surface area (Å²) in [5, 5.41) is 3.25. The molecule has 2 aliphatic rings. The zero-order valence-electron chi connectivity index (χ0n) is 12.4. The minimum absolute atomic E-state index is 0.00918. The highest BCUT2D eigenvalue weighted by Gasteiger charge is 2.37. The van der Waals surface area contributed by atoms with Crippen molar-refractivity contribution in [2.75, 3.05) is 33.4 Å². The van der Waals surface area contributed by atoms with Crippen LogP contribution in [0.2, 0.25) is 0 Å². The van der Waals surface area contributed by atoms with Gasteiger partial charge in [-0.05, 0) is 52.0 Å². The number of hydrogen-bond donors (Lipinski definition) is 1. The highest BCUT2D eigenvalue weighted by atomic mass is 16.5. The van der Waals surface area contributed by atoms with Crippen molar-refractivity contribution in [2.45, 2.75) is 51.0 Å². The van der Waals surface area contributed by atoms with Crippen LogP contribution in [0.25, 0.3) is 0 Å². The molecule has 0 aromatic rings. The molecule has 110 valence electrons. The molecule has 1 atom stereocenters. The van der Waals surface area contributed by atoms with Crippen LogP contribution in [0.5, 0.6) is 0 Å². The van der Waals surface area contributed by atoms with Gasteiger partial charge in [-0.1, -0.05) is 0 Å². The number of carbonyl (C=O) groups excluding carboxylic acids is 1. The van der Waals surface area contributed by atoms with Crippen LogP contribution in [0.3, 0.4) is 0 Å². The molecule has 0 bridgehead atoms. The molecule has 2 saturated heterocycles. The molecule has 2 heterocycles. The molecular formula is C15H28N2O2.